The summed E-state index contributed by atoms with van der Waals surface area (Å²) in [4.78, 5) is 4.18. The van der Waals surface area contributed by atoms with Crippen molar-refractivity contribution in [3.8, 4) is 5.75 Å². The lowest BCUT2D eigenvalue weighted by Crippen LogP contribution is -2.37. The van der Waals surface area contributed by atoms with E-state index in [-0.39, 0.29) is 12.1 Å². The van der Waals surface area contributed by atoms with Gasteiger partial charge in [0.2, 0.25) is 0 Å². The molecule has 0 bridgehead atoms. The van der Waals surface area contributed by atoms with Gasteiger partial charge in [0.05, 0.1) is 24.9 Å². The Balaban J connectivity index is 2.84. The number of methoxy groups -OCH3 is 1. The van der Waals surface area contributed by atoms with Crippen LogP contribution in [-0.2, 0) is 4.74 Å². The second-order valence-corrected chi connectivity index (χ2v) is 4.13. The fraction of sp³-hybridized carbons (Fsp3) is 0.615. The summed E-state index contributed by atoms with van der Waals surface area (Å²) in [5.74, 6) is 6.37. The summed E-state index contributed by atoms with van der Waals surface area (Å²) in [5.41, 5.74) is 3.76. The molecule has 5 heteroatoms. The maximum absolute atomic E-state index is 5.61. The van der Waals surface area contributed by atoms with Crippen LogP contribution in [0.25, 0.3) is 0 Å². The summed E-state index contributed by atoms with van der Waals surface area (Å²) in [6.07, 6.45) is 5.34. The Morgan fingerprint density at radius 1 is 1.39 bits per heavy atom. The molecular weight excluding hydrogens is 230 g/mol. The molecule has 2 atom stereocenters. The molecule has 0 spiro atoms. The van der Waals surface area contributed by atoms with Gasteiger partial charge in [0.15, 0.2) is 0 Å². The van der Waals surface area contributed by atoms with Gasteiger partial charge in [0.25, 0.3) is 0 Å². The van der Waals surface area contributed by atoms with E-state index in [1.165, 1.54) is 0 Å². The van der Waals surface area contributed by atoms with Crippen LogP contribution >= 0.6 is 0 Å². The van der Waals surface area contributed by atoms with E-state index in [0.29, 0.717) is 6.61 Å². The summed E-state index contributed by atoms with van der Waals surface area (Å²) in [7, 11) is 1.68. The fourth-order valence-corrected chi connectivity index (χ4v) is 1.86. The molecule has 0 aliphatic rings. The molecular formula is C13H23N3O2. The lowest BCUT2D eigenvalue weighted by molar-refractivity contribution is 0.0649. The second-order valence-electron chi connectivity index (χ2n) is 4.13. The second kappa shape index (κ2) is 8.02. The first-order valence-electron chi connectivity index (χ1n) is 6.33. The van der Waals surface area contributed by atoms with Gasteiger partial charge in [-0.15, -0.1) is 0 Å². The highest BCUT2D eigenvalue weighted by Gasteiger charge is 2.21. The zero-order chi connectivity index (χ0) is 13.4. The highest BCUT2D eigenvalue weighted by Crippen LogP contribution is 2.23. The topological polar surface area (TPSA) is 69.4 Å². The van der Waals surface area contributed by atoms with Crippen molar-refractivity contribution in [1.29, 1.82) is 0 Å². The highest BCUT2D eigenvalue weighted by molar-refractivity contribution is 5.26. The van der Waals surface area contributed by atoms with Crippen LogP contribution in [-0.4, -0.2) is 24.8 Å². The molecule has 0 radical (unpaired) electrons. The summed E-state index contributed by atoms with van der Waals surface area (Å²) >= 11 is 0. The number of aromatic nitrogens is 1. The lowest BCUT2D eigenvalue weighted by Gasteiger charge is -2.24. The van der Waals surface area contributed by atoms with Crippen LogP contribution in [0.1, 0.15) is 38.3 Å². The number of nitrogens with one attached hydrogen (secondary N) is 1. The Kier molecular flexibility index (Phi) is 6.64. The molecule has 1 heterocycles. The average molecular weight is 253 g/mol. The number of rotatable bonds is 8. The Bertz CT molecular complexity index is 343. The van der Waals surface area contributed by atoms with Crippen molar-refractivity contribution in [2.24, 2.45) is 5.84 Å². The lowest BCUT2D eigenvalue weighted by atomic mass is 10.0. The Hall–Kier alpha value is -1.17. The molecule has 0 aromatic carbocycles. The zero-order valence-electron chi connectivity index (χ0n) is 11.3. The van der Waals surface area contributed by atoms with E-state index in [0.717, 1.165) is 24.2 Å². The minimum atomic E-state index is -0.0855. The molecule has 5 nitrogen and oxygen atoms in total. The Morgan fingerprint density at radius 2 is 2.17 bits per heavy atom. The third kappa shape index (κ3) is 3.94. The van der Waals surface area contributed by atoms with Gasteiger partial charge in [-0.3, -0.25) is 16.3 Å². The molecule has 0 fully saturated rings. The van der Waals surface area contributed by atoms with Crippen molar-refractivity contribution in [3.05, 3.63) is 24.0 Å². The van der Waals surface area contributed by atoms with Crippen LogP contribution in [0.15, 0.2) is 18.5 Å². The first-order chi connectivity index (χ1) is 8.76. The first-order valence-corrected chi connectivity index (χ1v) is 6.33. The molecule has 0 aliphatic carbocycles. The summed E-state index contributed by atoms with van der Waals surface area (Å²) in [6.45, 7) is 4.82. The number of hydrazine groups is 1. The van der Waals surface area contributed by atoms with Crippen LogP contribution in [0.4, 0.5) is 0 Å². The van der Waals surface area contributed by atoms with Gasteiger partial charge in [0, 0.05) is 13.3 Å². The fourth-order valence-electron chi connectivity index (χ4n) is 1.86. The molecule has 0 saturated carbocycles. The smallest absolute Gasteiger partial charge is 0.137 e. The van der Waals surface area contributed by atoms with Crippen molar-refractivity contribution >= 4 is 0 Å². The third-order valence-electron chi connectivity index (χ3n) is 2.82. The van der Waals surface area contributed by atoms with Gasteiger partial charge in [-0.25, -0.2) is 0 Å². The predicted molar refractivity (Wildman–Crippen MR) is 71.2 cm³/mol. The molecule has 0 amide bonds. The molecule has 1 aromatic rings. The van der Waals surface area contributed by atoms with Crippen LogP contribution in [0, 0.1) is 0 Å². The molecule has 102 valence electrons. The minimum absolute atomic E-state index is 0.0122. The van der Waals surface area contributed by atoms with Crippen molar-refractivity contribution in [2.45, 2.75) is 38.8 Å². The van der Waals surface area contributed by atoms with Crippen LogP contribution in [0.3, 0.4) is 0 Å². The van der Waals surface area contributed by atoms with E-state index in [1.807, 2.05) is 6.07 Å². The number of pyridine rings is 1. The van der Waals surface area contributed by atoms with Crippen molar-refractivity contribution in [2.75, 3.05) is 13.7 Å². The highest BCUT2D eigenvalue weighted by atomic mass is 16.5. The first kappa shape index (κ1) is 14.9. The Labute approximate surface area is 109 Å². The molecule has 1 aromatic heterocycles. The third-order valence-corrected chi connectivity index (χ3v) is 2.82. The summed E-state index contributed by atoms with van der Waals surface area (Å²) in [5, 5.41) is 0. The number of nitrogens with zero attached hydrogens (tertiary/aromatic N) is 1. The van der Waals surface area contributed by atoms with Gasteiger partial charge in [-0.1, -0.05) is 13.8 Å². The Morgan fingerprint density at radius 3 is 2.72 bits per heavy atom. The molecule has 2 unspecified atom stereocenters. The van der Waals surface area contributed by atoms with Crippen LogP contribution in [0.5, 0.6) is 5.75 Å². The van der Waals surface area contributed by atoms with Crippen LogP contribution < -0.4 is 16.0 Å². The molecule has 18 heavy (non-hydrogen) atoms. The van der Waals surface area contributed by atoms with Crippen molar-refractivity contribution in [1.82, 2.24) is 10.4 Å². The molecule has 0 saturated heterocycles. The number of ether oxygens (including phenoxy) is 2. The summed E-state index contributed by atoms with van der Waals surface area (Å²) in [6, 6.07) is 1.87. The zero-order valence-corrected chi connectivity index (χ0v) is 11.3. The monoisotopic (exact) mass is 253 g/mol. The van der Waals surface area contributed by atoms with Crippen molar-refractivity contribution < 1.29 is 9.47 Å². The number of hydrogen-bond donors (Lipinski definition) is 2. The van der Waals surface area contributed by atoms with Crippen LogP contribution in [0.2, 0.25) is 0 Å². The quantitative estimate of drug-likeness (QED) is 0.546. The SMILES string of the molecule is CCCOc1cncc(C(NN)C(CC)OC)c1. The van der Waals surface area contributed by atoms with Gasteiger partial charge in [0.1, 0.15) is 5.75 Å². The minimum Gasteiger partial charge on any atom is -0.492 e. The van der Waals surface area contributed by atoms with Gasteiger partial charge in [-0.2, -0.15) is 0 Å². The van der Waals surface area contributed by atoms with E-state index >= 15 is 0 Å². The standard InChI is InChI=1S/C13H23N3O2/c1-4-6-18-11-7-10(8-15-9-11)13(16-14)12(5-2)17-3/h7-9,12-13,16H,4-6,14H2,1-3H3. The predicted octanol–water partition coefficient (Wildman–Crippen LogP) is 1.80. The molecule has 3 N–H and O–H groups in total. The van der Waals surface area contributed by atoms with E-state index < -0.39 is 0 Å². The van der Waals surface area contributed by atoms with E-state index in [2.05, 4.69) is 24.3 Å². The van der Waals surface area contributed by atoms with E-state index in [9.17, 15) is 0 Å². The van der Waals surface area contributed by atoms with Gasteiger partial charge >= 0.3 is 0 Å². The molecule has 1 rings (SSSR count). The summed E-state index contributed by atoms with van der Waals surface area (Å²) < 4.78 is 11.0. The van der Waals surface area contributed by atoms with E-state index in [1.54, 1.807) is 19.5 Å². The van der Waals surface area contributed by atoms with E-state index in [4.69, 9.17) is 15.3 Å². The maximum Gasteiger partial charge on any atom is 0.137 e. The largest absolute Gasteiger partial charge is 0.492 e. The molecule has 0 aliphatic heterocycles. The normalized spacial score (nSPS) is 14.2. The van der Waals surface area contributed by atoms with Gasteiger partial charge < -0.3 is 9.47 Å². The average Bonchev–Trinajstić information content (AvgIpc) is 2.42. The maximum atomic E-state index is 5.61. The number of nitrogens with two attached hydrogens (primary N) is 1. The van der Waals surface area contributed by atoms with Gasteiger partial charge in [-0.05, 0) is 24.5 Å². The number of hydrogen-bond acceptors (Lipinski definition) is 5. The van der Waals surface area contributed by atoms with Crippen molar-refractivity contribution in [3.63, 3.8) is 0 Å².